The summed E-state index contributed by atoms with van der Waals surface area (Å²) in [5, 5.41) is 0. The van der Waals surface area contributed by atoms with Gasteiger partial charge in [-0.1, -0.05) is 13.8 Å². The first kappa shape index (κ1) is 13.9. The van der Waals surface area contributed by atoms with Gasteiger partial charge in [-0.25, -0.2) is 0 Å². The molecule has 0 unspecified atom stereocenters. The van der Waals surface area contributed by atoms with Gasteiger partial charge in [-0.2, -0.15) is 0 Å². The van der Waals surface area contributed by atoms with Crippen LogP contribution in [0.25, 0.3) is 0 Å². The van der Waals surface area contributed by atoms with Crippen LogP contribution in [0.1, 0.15) is 46.0 Å². The highest BCUT2D eigenvalue weighted by Crippen LogP contribution is 2.40. The van der Waals surface area contributed by atoms with Crippen LogP contribution in [-0.2, 0) is 9.47 Å². The van der Waals surface area contributed by atoms with E-state index in [-0.39, 0.29) is 5.54 Å². The van der Waals surface area contributed by atoms with Crippen LogP contribution >= 0.6 is 0 Å². The summed E-state index contributed by atoms with van der Waals surface area (Å²) in [7, 11) is 1.69. The summed E-state index contributed by atoms with van der Waals surface area (Å²) < 4.78 is 10.4. The van der Waals surface area contributed by atoms with E-state index < -0.39 is 0 Å². The van der Waals surface area contributed by atoms with Crippen LogP contribution < -0.4 is 5.73 Å². The Kier molecular flexibility index (Phi) is 5.22. The number of rotatable bonds is 6. The molecule has 1 rings (SSSR count). The van der Waals surface area contributed by atoms with Crippen molar-refractivity contribution in [3.63, 3.8) is 0 Å². The fourth-order valence-electron chi connectivity index (χ4n) is 2.19. The summed E-state index contributed by atoms with van der Waals surface area (Å²) in [5.74, 6) is 0. The predicted octanol–water partition coefficient (Wildman–Crippen LogP) is 2.34. The van der Waals surface area contributed by atoms with Crippen molar-refractivity contribution in [3.8, 4) is 0 Å². The monoisotopic (exact) mass is 229 g/mol. The van der Waals surface area contributed by atoms with E-state index in [4.69, 9.17) is 15.2 Å². The highest BCUT2D eigenvalue weighted by Gasteiger charge is 2.34. The third-order valence-corrected chi connectivity index (χ3v) is 3.78. The number of ether oxygens (including phenoxy) is 2. The van der Waals surface area contributed by atoms with E-state index in [1.165, 1.54) is 12.8 Å². The Balaban J connectivity index is 2.16. The molecule has 96 valence electrons. The van der Waals surface area contributed by atoms with Crippen molar-refractivity contribution in [1.29, 1.82) is 0 Å². The molecule has 1 aliphatic carbocycles. The quantitative estimate of drug-likeness (QED) is 0.711. The highest BCUT2D eigenvalue weighted by atomic mass is 16.5. The van der Waals surface area contributed by atoms with Crippen LogP contribution in [0, 0.1) is 5.41 Å². The van der Waals surface area contributed by atoms with Crippen molar-refractivity contribution in [1.82, 2.24) is 0 Å². The molecule has 0 atom stereocenters. The molecule has 1 fully saturated rings. The van der Waals surface area contributed by atoms with E-state index in [0.717, 1.165) is 25.9 Å². The maximum Gasteiger partial charge on any atom is 0.0700 e. The minimum Gasteiger partial charge on any atom is -0.382 e. The third-order valence-electron chi connectivity index (χ3n) is 3.78. The number of hydrogen-bond acceptors (Lipinski definition) is 3. The molecule has 0 aromatic carbocycles. The van der Waals surface area contributed by atoms with E-state index in [1.807, 2.05) is 0 Å². The average Bonchev–Trinajstić information content (AvgIpc) is 2.23. The largest absolute Gasteiger partial charge is 0.382 e. The van der Waals surface area contributed by atoms with Crippen LogP contribution in [0.5, 0.6) is 0 Å². The molecule has 0 aliphatic heterocycles. The lowest BCUT2D eigenvalue weighted by molar-refractivity contribution is 0.0513. The lowest BCUT2D eigenvalue weighted by atomic mass is 9.69. The maximum absolute atomic E-state index is 6.38. The summed E-state index contributed by atoms with van der Waals surface area (Å²) in [5.41, 5.74) is 6.89. The van der Waals surface area contributed by atoms with Crippen LogP contribution in [0.2, 0.25) is 0 Å². The van der Waals surface area contributed by atoms with Crippen LogP contribution in [0.3, 0.4) is 0 Å². The zero-order chi connectivity index (χ0) is 12.1. The van der Waals surface area contributed by atoms with Crippen LogP contribution in [0.4, 0.5) is 0 Å². The van der Waals surface area contributed by atoms with Gasteiger partial charge in [0.25, 0.3) is 0 Å². The highest BCUT2D eigenvalue weighted by molar-refractivity contribution is 4.92. The number of methoxy groups -OCH3 is 1. The average molecular weight is 229 g/mol. The zero-order valence-corrected chi connectivity index (χ0v) is 11.1. The summed E-state index contributed by atoms with van der Waals surface area (Å²) in [6.07, 6.45) is 5.72. The van der Waals surface area contributed by atoms with Gasteiger partial charge < -0.3 is 15.2 Å². The Hall–Kier alpha value is -0.120. The standard InChI is InChI=1S/C13H27NO2/c1-12(2)4-6-13(14,7-5-12)8-9-16-11-10-15-3/h4-11,14H2,1-3H3. The Morgan fingerprint density at radius 1 is 1.00 bits per heavy atom. The Bertz CT molecular complexity index is 194. The molecule has 3 heteroatoms. The molecule has 0 amide bonds. The fourth-order valence-corrected chi connectivity index (χ4v) is 2.19. The summed E-state index contributed by atoms with van der Waals surface area (Å²) in [6.45, 7) is 6.78. The lowest BCUT2D eigenvalue weighted by Gasteiger charge is -2.41. The van der Waals surface area contributed by atoms with Crippen molar-refractivity contribution >= 4 is 0 Å². The Morgan fingerprint density at radius 2 is 1.62 bits per heavy atom. The minimum absolute atomic E-state index is 0.0165. The van der Waals surface area contributed by atoms with E-state index in [0.29, 0.717) is 18.6 Å². The van der Waals surface area contributed by atoms with Crippen molar-refractivity contribution in [3.05, 3.63) is 0 Å². The van der Waals surface area contributed by atoms with Gasteiger partial charge in [0.15, 0.2) is 0 Å². The Labute approximate surface area is 99.7 Å². The van der Waals surface area contributed by atoms with Gasteiger partial charge >= 0.3 is 0 Å². The molecule has 0 spiro atoms. The molecule has 3 nitrogen and oxygen atoms in total. The first-order valence-electron chi connectivity index (χ1n) is 6.33. The van der Waals surface area contributed by atoms with Gasteiger partial charge in [-0.15, -0.1) is 0 Å². The predicted molar refractivity (Wildman–Crippen MR) is 66.5 cm³/mol. The van der Waals surface area contributed by atoms with E-state index in [1.54, 1.807) is 7.11 Å². The first-order chi connectivity index (χ1) is 7.47. The lowest BCUT2D eigenvalue weighted by Crippen LogP contribution is -2.45. The molecule has 16 heavy (non-hydrogen) atoms. The molecule has 1 saturated carbocycles. The molecule has 0 heterocycles. The zero-order valence-electron chi connectivity index (χ0n) is 11.1. The van der Waals surface area contributed by atoms with Gasteiger partial charge in [-0.3, -0.25) is 0 Å². The van der Waals surface area contributed by atoms with E-state index in [2.05, 4.69) is 13.8 Å². The smallest absolute Gasteiger partial charge is 0.0700 e. The second kappa shape index (κ2) is 5.99. The van der Waals surface area contributed by atoms with Gasteiger partial charge in [0, 0.05) is 19.3 Å². The minimum atomic E-state index is 0.0165. The molecule has 0 aromatic rings. The number of nitrogens with two attached hydrogens (primary N) is 1. The van der Waals surface area contributed by atoms with Crippen molar-refractivity contribution in [2.75, 3.05) is 26.9 Å². The molecule has 0 saturated heterocycles. The molecule has 0 radical (unpaired) electrons. The molecule has 0 bridgehead atoms. The normalized spacial score (nSPS) is 23.2. The molecule has 2 N–H and O–H groups in total. The maximum atomic E-state index is 6.38. The Morgan fingerprint density at radius 3 is 2.19 bits per heavy atom. The number of hydrogen-bond donors (Lipinski definition) is 1. The van der Waals surface area contributed by atoms with Gasteiger partial charge in [0.2, 0.25) is 0 Å². The van der Waals surface area contributed by atoms with Crippen molar-refractivity contribution in [2.45, 2.75) is 51.5 Å². The molecular formula is C13H27NO2. The van der Waals surface area contributed by atoms with Crippen LogP contribution in [-0.4, -0.2) is 32.5 Å². The van der Waals surface area contributed by atoms with Crippen LogP contribution in [0.15, 0.2) is 0 Å². The topological polar surface area (TPSA) is 44.5 Å². The van der Waals surface area contributed by atoms with Crippen molar-refractivity contribution < 1.29 is 9.47 Å². The summed E-state index contributed by atoms with van der Waals surface area (Å²) in [4.78, 5) is 0. The summed E-state index contributed by atoms with van der Waals surface area (Å²) in [6, 6.07) is 0. The second-order valence-electron chi connectivity index (χ2n) is 5.88. The second-order valence-corrected chi connectivity index (χ2v) is 5.88. The van der Waals surface area contributed by atoms with Crippen molar-refractivity contribution in [2.24, 2.45) is 11.1 Å². The molecule has 0 aromatic heterocycles. The molecule has 1 aliphatic rings. The van der Waals surface area contributed by atoms with Gasteiger partial charge in [0.1, 0.15) is 0 Å². The van der Waals surface area contributed by atoms with Gasteiger partial charge in [-0.05, 0) is 37.5 Å². The van der Waals surface area contributed by atoms with E-state index >= 15 is 0 Å². The fraction of sp³-hybridized carbons (Fsp3) is 1.00. The SMILES string of the molecule is COCCOCCC1(N)CCC(C)(C)CC1. The molecular weight excluding hydrogens is 202 g/mol. The van der Waals surface area contributed by atoms with Gasteiger partial charge in [0.05, 0.1) is 13.2 Å². The summed E-state index contributed by atoms with van der Waals surface area (Å²) >= 11 is 0. The third kappa shape index (κ3) is 4.81. The first-order valence-corrected chi connectivity index (χ1v) is 6.33. The van der Waals surface area contributed by atoms with E-state index in [9.17, 15) is 0 Å².